The molecule has 0 saturated carbocycles. The second kappa shape index (κ2) is 11.7. The lowest BCUT2D eigenvalue weighted by atomic mass is 10.0. The lowest BCUT2D eigenvalue weighted by molar-refractivity contribution is 0.187. The van der Waals surface area contributed by atoms with Gasteiger partial charge in [-0.2, -0.15) is 5.10 Å². The number of piperidine rings is 1. The van der Waals surface area contributed by atoms with Crippen molar-refractivity contribution in [3.8, 4) is 0 Å². The van der Waals surface area contributed by atoms with E-state index < -0.39 is 0 Å². The molecule has 1 unspecified atom stereocenters. The maximum atomic E-state index is 6.32. The molecular formula is C18H26Cl2N4OS. The van der Waals surface area contributed by atoms with Crippen LogP contribution in [0.4, 0.5) is 0 Å². The Labute approximate surface area is 171 Å². The van der Waals surface area contributed by atoms with Gasteiger partial charge in [-0.1, -0.05) is 35.7 Å². The third kappa shape index (κ3) is 7.00. The van der Waals surface area contributed by atoms with Gasteiger partial charge in [-0.05, 0) is 50.2 Å². The number of benzene rings is 1. The van der Waals surface area contributed by atoms with Crippen LogP contribution in [0.5, 0.6) is 0 Å². The SMILES string of the molecule is COCCCNC(=S)NN=CC1CCCCN1Cc1c(Cl)cccc1Cl. The van der Waals surface area contributed by atoms with E-state index in [4.69, 9.17) is 40.2 Å². The van der Waals surface area contributed by atoms with Crippen LogP contribution in [0, 0.1) is 0 Å². The molecule has 1 saturated heterocycles. The fourth-order valence-electron chi connectivity index (χ4n) is 2.91. The standard InChI is InChI=1S/C18H26Cl2N4OS/c1-25-11-5-9-21-18(26)23-22-12-14-6-2-3-10-24(14)13-15-16(19)7-4-8-17(15)20/h4,7-8,12,14H,2-3,5-6,9-11,13H2,1H3,(H2,21,23,26). The van der Waals surface area contributed by atoms with Crippen LogP contribution in [-0.2, 0) is 11.3 Å². The van der Waals surface area contributed by atoms with Crippen LogP contribution in [0.2, 0.25) is 10.0 Å². The Morgan fingerprint density at radius 3 is 2.88 bits per heavy atom. The molecule has 8 heteroatoms. The summed E-state index contributed by atoms with van der Waals surface area (Å²) in [7, 11) is 1.69. The fraction of sp³-hybridized carbons (Fsp3) is 0.556. The molecule has 5 nitrogen and oxygen atoms in total. The Kier molecular flexibility index (Phi) is 9.64. The number of methoxy groups -OCH3 is 1. The second-order valence-electron chi connectivity index (χ2n) is 6.23. The van der Waals surface area contributed by atoms with Gasteiger partial charge in [0, 0.05) is 54.7 Å². The van der Waals surface area contributed by atoms with Crippen LogP contribution in [0.15, 0.2) is 23.3 Å². The van der Waals surface area contributed by atoms with Gasteiger partial charge in [0.25, 0.3) is 0 Å². The molecule has 26 heavy (non-hydrogen) atoms. The molecule has 1 aromatic carbocycles. The van der Waals surface area contributed by atoms with Gasteiger partial charge in [-0.25, -0.2) is 0 Å². The fourth-order valence-corrected chi connectivity index (χ4v) is 3.58. The molecule has 1 aromatic rings. The Hall–Kier alpha value is -0.920. The van der Waals surface area contributed by atoms with Crippen LogP contribution in [-0.4, -0.2) is 49.1 Å². The number of thiocarbonyl (C=S) groups is 1. The van der Waals surface area contributed by atoms with Crippen LogP contribution in [0.25, 0.3) is 0 Å². The Morgan fingerprint density at radius 2 is 2.15 bits per heavy atom. The zero-order valence-electron chi connectivity index (χ0n) is 15.0. The summed E-state index contributed by atoms with van der Waals surface area (Å²) in [4.78, 5) is 2.36. The molecule has 0 bridgehead atoms. The molecule has 144 valence electrons. The third-order valence-corrected chi connectivity index (χ3v) is 5.25. The van der Waals surface area contributed by atoms with E-state index in [1.807, 2.05) is 24.4 Å². The van der Waals surface area contributed by atoms with Crippen molar-refractivity contribution in [1.82, 2.24) is 15.6 Å². The highest BCUT2D eigenvalue weighted by Crippen LogP contribution is 2.28. The van der Waals surface area contributed by atoms with Gasteiger partial charge in [0.15, 0.2) is 5.11 Å². The van der Waals surface area contributed by atoms with Gasteiger partial charge >= 0.3 is 0 Å². The summed E-state index contributed by atoms with van der Waals surface area (Å²) in [5, 5.41) is 9.35. The highest BCUT2D eigenvalue weighted by Gasteiger charge is 2.22. The van der Waals surface area contributed by atoms with E-state index in [9.17, 15) is 0 Å². The Bertz CT molecular complexity index is 595. The lowest BCUT2D eigenvalue weighted by Gasteiger charge is -2.33. The highest BCUT2D eigenvalue weighted by molar-refractivity contribution is 7.80. The first kappa shape index (κ1) is 21.4. The van der Waals surface area contributed by atoms with E-state index in [1.165, 1.54) is 12.8 Å². The molecule has 1 aliphatic rings. The third-order valence-electron chi connectivity index (χ3n) is 4.31. The minimum atomic E-state index is 0.236. The molecule has 1 heterocycles. The van der Waals surface area contributed by atoms with Crippen molar-refractivity contribution < 1.29 is 4.74 Å². The van der Waals surface area contributed by atoms with E-state index in [0.717, 1.165) is 38.0 Å². The van der Waals surface area contributed by atoms with Crippen molar-refractivity contribution in [2.75, 3.05) is 26.8 Å². The average molecular weight is 417 g/mol. The number of hydrogen-bond acceptors (Lipinski definition) is 4. The van der Waals surface area contributed by atoms with E-state index in [1.54, 1.807) is 7.11 Å². The average Bonchev–Trinajstić information content (AvgIpc) is 2.63. The lowest BCUT2D eigenvalue weighted by Crippen LogP contribution is -2.41. The van der Waals surface area contributed by atoms with E-state index in [2.05, 4.69) is 20.7 Å². The van der Waals surface area contributed by atoms with Gasteiger partial charge < -0.3 is 10.1 Å². The predicted octanol–water partition coefficient (Wildman–Crippen LogP) is 3.83. The van der Waals surface area contributed by atoms with Gasteiger partial charge in [0.1, 0.15) is 0 Å². The van der Waals surface area contributed by atoms with Crippen LogP contribution in [0.3, 0.4) is 0 Å². The van der Waals surface area contributed by atoms with Gasteiger partial charge in [0.2, 0.25) is 0 Å². The van der Waals surface area contributed by atoms with Crippen LogP contribution >= 0.6 is 35.4 Å². The van der Waals surface area contributed by atoms with Crippen molar-refractivity contribution in [3.05, 3.63) is 33.8 Å². The van der Waals surface area contributed by atoms with Crippen LogP contribution < -0.4 is 10.7 Å². The minimum Gasteiger partial charge on any atom is -0.385 e. The van der Waals surface area contributed by atoms with Crippen LogP contribution in [0.1, 0.15) is 31.2 Å². The molecule has 0 radical (unpaired) electrons. The summed E-state index contributed by atoms with van der Waals surface area (Å²) >= 11 is 17.9. The number of likely N-dealkylation sites (tertiary alicyclic amines) is 1. The number of rotatable bonds is 8. The van der Waals surface area contributed by atoms with E-state index >= 15 is 0 Å². The van der Waals surface area contributed by atoms with Crippen molar-refractivity contribution in [2.24, 2.45) is 5.10 Å². The Balaban J connectivity index is 1.87. The highest BCUT2D eigenvalue weighted by atomic mass is 35.5. The molecule has 2 N–H and O–H groups in total. The number of hydrazone groups is 1. The quantitative estimate of drug-likeness (QED) is 0.291. The summed E-state index contributed by atoms with van der Waals surface area (Å²) in [6.45, 7) is 3.18. The van der Waals surface area contributed by atoms with Gasteiger partial charge in [-0.15, -0.1) is 0 Å². The van der Waals surface area contributed by atoms with Crippen molar-refractivity contribution in [2.45, 2.75) is 38.3 Å². The van der Waals surface area contributed by atoms with E-state index in [-0.39, 0.29) is 6.04 Å². The molecular weight excluding hydrogens is 391 g/mol. The summed E-state index contributed by atoms with van der Waals surface area (Å²) in [6, 6.07) is 5.86. The summed E-state index contributed by atoms with van der Waals surface area (Å²) in [5.74, 6) is 0. The second-order valence-corrected chi connectivity index (χ2v) is 7.45. The predicted molar refractivity (Wildman–Crippen MR) is 113 cm³/mol. The normalized spacial score (nSPS) is 18.2. The molecule has 1 fully saturated rings. The first-order valence-electron chi connectivity index (χ1n) is 8.84. The minimum absolute atomic E-state index is 0.236. The number of ether oxygens (including phenoxy) is 1. The zero-order chi connectivity index (χ0) is 18.8. The number of halogens is 2. The number of nitrogens with zero attached hydrogens (tertiary/aromatic N) is 2. The smallest absolute Gasteiger partial charge is 0.186 e. The molecule has 0 aromatic heterocycles. The summed E-state index contributed by atoms with van der Waals surface area (Å²) < 4.78 is 5.00. The summed E-state index contributed by atoms with van der Waals surface area (Å²) in [5.41, 5.74) is 3.86. The maximum absolute atomic E-state index is 6.32. The van der Waals surface area contributed by atoms with Crippen molar-refractivity contribution in [3.63, 3.8) is 0 Å². The molecule has 0 amide bonds. The monoisotopic (exact) mass is 416 g/mol. The first-order valence-corrected chi connectivity index (χ1v) is 10.0. The largest absolute Gasteiger partial charge is 0.385 e. The maximum Gasteiger partial charge on any atom is 0.186 e. The molecule has 1 aliphatic heterocycles. The summed E-state index contributed by atoms with van der Waals surface area (Å²) in [6.07, 6.45) is 6.23. The van der Waals surface area contributed by atoms with Crippen molar-refractivity contribution in [1.29, 1.82) is 0 Å². The topological polar surface area (TPSA) is 48.9 Å². The van der Waals surface area contributed by atoms with Crippen molar-refractivity contribution >= 4 is 46.7 Å². The molecule has 0 aliphatic carbocycles. The van der Waals surface area contributed by atoms with Gasteiger partial charge in [-0.3, -0.25) is 10.3 Å². The molecule has 0 spiro atoms. The first-order chi connectivity index (χ1) is 12.6. The molecule has 1 atom stereocenters. The number of nitrogens with one attached hydrogen (secondary N) is 2. The number of hydrogen-bond donors (Lipinski definition) is 2. The zero-order valence-corrected chi connectivity index (χ0v) is 17.3. The Morgan fingerprint density at radius 1 is 1.38 bits per heavy atom. The van der Waals surface area contributed by atoms with Gasteiger partial charge in [0.05, 0.1) is 0 Å². The van der Waals surface area contributed by atoms with E-state index in [0.29, 0.717) is 21.8 Å². The molecule has 2 rings (SSSR count).